The Morgan fingerprint density at radius 1 is 0.124 bits per heavy atom. The minimum atomic E-state index is 0.909. The summed E-state index contributed by atoms with van der Waals surface area (Å²) >= 11 is 0. The number of rotatable bonds is 9. The number of furan rings is 3. The molecule has 0 aliphatic rings. The molecule has 600 valence electrons. The Morgan fingerprint density at radius 2 is 0.349 bits per heavy atom. The second kappa shape index (κ2) is 30.9. The molecule has 0 atom stereocenters. The van der Waals surface area contributed by atoms with Gasteiger partial charge in [-0.15, -0.1) is 0 Å². The highest BCUT2D eigenvalue weighted by Crippen LogP contribution is 2.46. The van der Waals surface area contributed by atoms with Crippen molar-refractivity contribution >= 4 is 163 Å². The number of nitrogens with zero attached hydrogens (tertiary/aromatic N) is 3. The van der Waals surface area contributed by atoms with Gasteiger partial charge in [-0.05, 0) is 190 Å². The molecule has 0 N–H and O–H groups in total. The van der Waals surface area contributed by atoms with Crippen LogP contribution in [0.1, 0.15) is 0 Å². The Hall–Kier alpha value is -17.2. The molecule has 0 aliphatic heterocycles. The van der Waals surface area contributed by atoms with Crippen molar-refractivity contribution in [3.8, 4) is 101 Å². The van der Waals surface area contributed by atoms with Gasteiger partial charge in [-0.2, -0.15) is 0 Å². The first-order valence-corrected chi connectivity index (χ1v) is 43.9. The molecule has 0 saturated carbocycles. The summed E-state index contributed by atoms with van der Waals surface area (Å²) in [5, 5.41) is 24.9. The molecule has 6 aromatic heterocycles. The molecule has 0 fully saturated rings. The van der Waals surface area contributed by atoms with Crippen molar-refractivity contribution in [1.82, 2.24) is 15.0 Å². The molecule has 129 heavy (non-hydrogen) atoms. The molecule has 6 heterocycles. The molecule has 21 aromatic carbocycles. The topological polar surface area (TPSA) is 78.1 Å². The zero-order chi connectivity index (χ0) is 85.0. The van der Waals surface area contributed by atoms with Gasteiger partial charge >= 0.3 is 0 Å². The number of pyridine rings is 3. The molecular formula is C123H75N3O3. The Kier molecular flexibility index (Phi) is 17.9. The van der Waals surface area contributed by atoms with Gasteiger partial charge in [0.2, 0.25) is 0 Å². The highest BCUT2D eigenvalue weighted by atomic mass is 16.3. The van der Waals surface area contributed by atoms with E-state index in [0.29, 0.717) is 0 Å². The number of hydrogen-bond acceptors (Lipinski definition) is 6. The molecule has 6 heteroatoms. The molecule has 6 nitrogen and oxygen atoms in total. The fraction of sp³-hybridized carbons (Fsp3) is 0. The van der Waals surface area contributed by atoms with E-state index in [0.717, 1.165) is 150 Å². The second-order valence-corrected chi connectivity index (χ2v) is 33.4. The number of aromatic nitrogens is 3. The molecule has 0 amide bonds. The van der Waals surface area contributed by atoms with E-state index in [-0.39, 0.29) is 0 Å². The summed E-state index contributed by atoms with van der Waals surface area (Å²) in [5.41, 5.74) is 28.5. The van der Waals surface area contributed by atoms with Crippen LogP contribution in [-0.2, 0) is 0 Å². The fourth-order valence-electron chi connectivity index (χ4n) is 19.8. The van der Waals surface area contributed by atoms with Gasteiger partial charge in [0.25, 0.3) is 0 Å². The molecule has 0 saturated heterocycles. The zero-order valence-electron chi connectivity index (χ0n) is 69.9. The summed E-state index contributed by atoms with van der Waals surface area (Å²) in [6.07, 6.45) is 0. The van der Waals surface area contributed by atoms with Crippen molar-refractivity contribution in [1.29, 1.82) is 0 Å². The quantitative estimate of drug-likeness (QED) is 0.134. The second-order valence-electron chi connectivity index (χ2n) is 33.4. The Labute approximate surface area is 741 Å². The summed E-state index contributed by atoms with van der Waals surface area (Å²) in [6.45, 7) is 0. The lowest BCUT2D eigenvalue weighted by molar-refractivity contribution is 0.669. The first kappa shape index (κ1) is 74.4. The van der Waals surface area contributed by atoms with Crippen molar-refractivity contribution in [3.63, 3.8) is 0 Å². The van der Waals surface area contributed by atoms with Gasteiger partial charge in [0.05, 0.1) is 33.6 Å². The average molecular weight is 1640 g/mol. The summed E-state index contributed by atoms with van der Waals surface area (Å²) in [5.74, 6) is 0. The minimum Gasteiger partial charge on any atom is -0.455 e. The predicted molar refractivity (Wildman–Crippen MR) is 541 cm³/mol. The van der Waals surface area contributed by atoms with Crippen LogP contribution < -0.4 is 0 Å². The average Bonchev–Trinajstić information content (AvgIpc) is 1.72. The molecule has 0 bridgehead atoms. The van der Waals surface area contributed by atoms with Crippen LogP contribution in [0.5, 0.6) is 0 Å². The first-order valence-electron chi connectivity index (χ1n) is 43.9. The van der Waals surface area contributed by atoms with E-state index in [1.165, 1.54) is 114 Å². The molecule has 27 aromatic rings. The third-order valence-electron chi connectivity index (χ3n) is 26.0. The van der Waals surface area contributed by atoms with Crippen LogP contribution in [0.15, 0.2) is 468 Å². The van der Waals surface area contributed by atoms with E-state index >= 15 is 0 Å². The Bertz CT molecular complexity index is 9170. The molecular weight excluding hydrogens is 1570 g/mol. The van der Waals surface area contributed by atoms with E-state index in [1.54, 1.807) is 0 Å². The van der Waals surface area contributed by atoms with Crippen LogP contribution in [0.2, 0.25) is 0 Å². The van der Waals surface area contributed by atoms with Crippen LogP contribution in [0, 0.1) is 0 Å². The first-order chi connectivity index (χ1) is 63.9. The van der Waals surface area contributed by atoms with Crippen molar-refractivity contribution in [3.05, 3.63) is 455 Å². The van der Waals surface area contributed by atoms with Gasteiger partial charge in [0.1, 0.15) is 33.5 Å². The smallest absolute Gasteiger partial charge is 0.143 e. The SMILES string of the molecule is c1ccc(-c2ccc3c(c2)c2ccccc2c2ccc(-c4cccc(-c5cccc6c5oc5ccccc56)c4)nc23)cc1.c1ccc(-c2ccc3c(c2)c2ccccc2c2nc(-c4cccc(-c5cccc6c5oc5ccccc56)c4)ccc32)cc1.c1ccc(-c2ccc3c4ccccc4c4ccc(-c5cccc(-c6cccc7c6oc6ccccc67)c5)nc4c3c2)cc1. The molecule has 0 radical (unpaired) electrons. The molecule has 0 aliphatic carbocycles. The lowest BCUT2D eigenvalue weighted by Crippen LogP contribution is -1.90. The van der Waals surface area contributed by atoms with Crippen LogP contribution in [0.25, 0.3) is 264 Å². The third-order valence-corrected chi connectivity index (χ3v) is 26.0. The summed E-state index contributed by atoms with van der Waals surface area (Å²) < 4.78 is 19.1. The van der Waals surface area contributed by atoms with E-state index in [4.69, 9.17) is 28.2 Å². The van der Waals surface area contributed by atoms with Crippen LogP contribution in [0.4, 0.5) is 0 Å². The lowest BCUT2D eigenvalue weighted by atomic mass is 9.93. The summed E-state index contributed by atoms with van der Waals surface area (Å²) in [7, 11) is 0. The van der Waals surface area contributed by atoms with E-state index in [9.17, 15) is 0 Å². The van der Waals surface area contributed by atoms with E-state index in [1.807, 2.05) is 36.4 Å². The van der Waals surface area contributed by atoms with Gasteiger partial charge in [-0.3, -0.25) is 0 Å². The fourth-order valence-corrected chi connectivity index (χ4v) is 19.8. The Balaban J connectivity index is 0.000000105. The van der Waals surface area contributed by atoms with Gasteiger partial charge in [0.15, 0.2) is 0 Å². The predicted octanol–water partition coefficient (Wildman–Crippen LogP) is 34.3. The van der Waals surface area contributed by atoms with E-state index < -0.39 is 0 Å². The van der Waals surface area contributed by atoms with Gasteiger partial charge < -0.3 is 13.3 Å². The number of benzene rings is 21. The van der Waals surface area contributed by atoms with Crippen molar-refractivity contribution in [2.24, 2.45) is 0 Å². The molecule has 0 spiro atoms. The monoisotopic (exact) mass is 1640 g/mol. The number of fused-ring (bicyclic) bond motifs is 27. The van der Waals surface area contributed by atoms with Crippen molar-refractivity contribution in [2.45, 2.75) is 0 Å². The maximum atomic E-state index is 6.36. The maximum absolute atomic E-state index is 6.36. The standard InChI is InChI=1S/3C41H25NO/c1-2-10-26(11-3-1)27-20-21-32-35-22-23-38(42-40(35)34-16-5-4-14-31(34)37(32)25-27)29-13-8-12-28(24-29)30-17-9-18-36-33-15-6-7-19-39(33)43-41(30)36;1-2-10-26(11-3-1)27-20-21-33-31-14-4-5-15-32(31)35-22-23-38(42-40(35)37(33)25-27)29-13-8-12-28(24-29)30-17-9-18-36-34-16-6-7-19-39(34)43-41(30)36;1-2-10-26(11-3-1)27-20-21-35-37(25-27)32-15-5-4-14-31(32)34-22-23-38(42-40(34)35)29-13-8-12-28(24-29)30-17-9-18-36-33-16-6-7-19-39(33)43-41(30)36/h3*1-25H. The minimum absolute atomic E-state index is 0.909. The van der Waals surface area contributed by atoms with Crippen LogP contribution in [-0.4, -0.2) is 15.0 Å². The van der Waals surface area contributed by atoms with Crippen LogP contribution in [0.3, 0.4) is 0 Å². The van der Waals surface area contributed by atoms with E-state index in [2.05, 4.69) is 419 Å². The molecule has 27 rings (SSSR count). The third kappa shape index (κ3) is 12.9. The van der Waals surface area contributed by atoms with Gasteiger partial charge in [0, 0.05) is 98.0 Å². The normalized spacial score (nSPS) is 11.7. The number of para-hydroxylation sites is 6. The Morgan fingerprint density at radius 3 is 0.729 bits per heavy atom. The van der Waals surface area contributed by atoms with Crippen molar-refractivity contribution in [2.75, 3.05) is 0 Å². The summed E-state index contributed by atoms with van der Waals surface area (Å²) in [4.78, 5) is 16.0. The number of hydrogen-bond donors (Lipinski definition) is 0. The maximum Gasteiger partial charge on any atom is 0.143 e. The highest BCUT2D eigenvalue weighted by Gasteiger charge is 2.22. The van der Waals surface area contributed by atoms with Gasteiger partial charge in [-0.25, -0.2) is 15.0 Å². The highest BCUT2D eigenvalue weighted by molar-refractivity contribution is 6.28. The van der Waals surface area contributed by atoms with Crippen molar-refractivity contribution < 1.29 is 13.3 Å². The van der Waals surface area contributed by atoms with Crippen LogP contribution >= 0.6 is 0 Å². The largest absolute Gasteiger partial charge is 0.455 e. The van der Waals surface area contributed by atoms with Gasteiger partial charge in [-0.1, -0.05) is 364 Å². The lowest BCUT2D eigenvalue weighted by Gasteiger charge is -2.13. The zero-order valence-corrected chi connectivity index (χ0v) is 69.9. The molecule has 0 unspecified atom stereocenters. The summed E-state index contributed by atoms with van der Waals surface area (Å²) in [6, 6.07) is 161.